The number of nitrogens with one attached hydrogen (secondary N) is 1. The largest absolute Gasteiger partial charge is 0.379 e. The predicted octanol–water partition coefficient (Wildman–Crippen LogP) is 2.82. The van der Waals surface area contributed by atoms with Crippen LogP contribution in [0.3, 0.4) is 0 Å². The van der Waals surface area contributed by atoms with Crippen molar-refractivity contribution in [2.75, 3.05) is 32.8 Å². The minimum absolute atomic E-state index is 0.238. The molecule has 5 heteroatoms. The first-order chi connectivity index (χ1) is 10.8. The topological polar surface area (TPSA) is 41.6 Å². The van der Waals surface area contributed by atoms with E-state index in [9.17, 15) is 4.79 Å². The van der Waals surface area contributed by atoms with Gasteiger partial charge in [0.25, 0.3) is 0 Å². The first kappa shape index (κ1) is 16.0. The van der Waals surface area contributed by atoms with Crippen LogP contribution >= 0.6 is 11.3 Å². The van der Waals surface area contributed by atoms with E-state index in [4.69, 9.17) is 4.74 Å². The smallest absolute Gasteiger partial charge is 0.223 e. The van der Waals surface area contributed by atoms with E-state index in [-0.39, 0.29) is 17.9 Å². The van der Waals surface area contributed by atoms with Gasteiger partial charge in [-0.15, -0.1) is 11.3 Å². The van der Waals surface area contributed by atoms with E-state index in [1.165, 1.54) is 24.1 Å². The maximum absolute atomic E-state index is 12.4. The maximum atomic E-state index is 12.4. The van der Waals surface area contributed by atoms with Crippen molar-refractivity contribution < 1.29 is 9.53 Å². The Bertz CT molecular complexity index is 451. The van der Waals surface area contributed by atoms with Gasteiger partial charge in [0, 0.05) is 30.4 Å². The number of nitrogens with zero attached hydrogens (tertiary/aromatic N) is 1. The molecule has 1 aliphatic heterocycles. The molecule has 1 aromatic rings. The molecule has 1 amide bonds. The molecule has 1 saturated carbocycles. The number of amides is 1. The Morgan fingerprint density at radius 2 is 2.09 bits per heavy atom. The summed E-state index contributed by atoms with van der Waals surface area (Å²) in [7, 11) is 0. The summed E-state index contributed by atoms with van der Waals surface area (Å²) in [4.78, 5) is 16.2. The van der Waals surface area contributed by atoms with Crippen molar-refractivity contribution in [3.05, 3.63) is 22.4 Å². The van der Waals surface area contributed by atoms with Gasteiger partial charge in [0.1, 0.15) is 0 Å². The van der Waals surface area contributed by atoms with Crippen molar-refractivity contribution in [3.8, 4) is 0 Å². The van der Waals surface area contributed by atoms with Crippen LogP contribution in [0.1, 0.15) is 43.0 Å². The van der Waals surface area contributed by atoms with Crippen molar-refractivity contribution in [2.24, 2.45) is 5.92 Å². The average molecular weight is 322 g/mol. The van der Waals surface area contributed by atoms with Gasteiger partial charge in [-0.2, -0.15) is 0 Å². The first-order valence-electron chi connectivity index (χ1n) is 8.47. The van der Waals surface area contributed by atoms with Crippen LogP contribution in [0.2, 0.25) is 0 Å². The number of hydrogen-bond donors (Lipinski definition) is 1. The summed E-state index contributed by atoms with van der Waals surface area (Å²) in [5.74, 6) is 0.497. The van der Waals surface area contributed by atoms with Crippen LogP contribution in [0.4, 0.5) is 0 Å². The van der Waals surface area contributed by atoms with Crippen molar-refractivity contribution in [1.82, 2.24) is 10.2 Å². The standard InChI is InChI=1S/C17H26N2O2S/c20-17(14-5-2-1-3-6-14)18-13-15(16-7-4-12-22-16)19-8-10-21-11-9-19/h4,7,12,14-15H,1-3,5-6,8-11,13H2,(H,18,20). The highest BCUT2D eigenvalue weighted by molar-refractivity contribution is 7.10. The second-order valence-electron chi connectivity index (χ2n) is 6.26. The summed E-state index contributed by atoms with van der Waals surface area (Å²) in [5, 5.41) is 5.34. The quantitative estimate of drug-likeness (QED) is 0.906. The number of ether oxygens (including phenoxy) is 1. The van der Waals surface area contributed by atoms with Gasteiger partial charge in [-0.05, 0) is 24.3 Å². The highest BCUT2D eigenvalue weighted by Gasteiger charge is 2.26. The lowest BCUT2D eigenvalue weighted by Crippen LogP contribution is -2.44. The summed E-state index contributed by atoms with van der Waals surface area (Å²) in [6.07, 6.45) is 5.82. The molecule has 2 aliphatic rings. The zero-order valence-corrected chi connectivity index (χ0v) is 13.9. The highest BCUT2D eigenvalue weighted by atomic mass is 32.1. The molecule has 0 spiro atoms. The molecule has 1 atom stereocenters. The van der Waals surface area contributed by atoms with Crippen LogP contribution in [-0.2, 0) is 9.53 Å². The lowest BCUT2D eigenvalue weighted by molar-refractivity contribution is -0.126. The van der Waals surface area contributed by atoms with E-state index in [2.05, 4.69) is 27.7 Å². The molecule has 1 unspecified atom stereocenters. The minimum atomic E-state index is 0.238. The molecule has 0 aromatic carbocycles. The van der Waals surface area contributed by atoms with Gasteiger partial charge in [-0.3, -0.25) is 9.69 Å². The van der Waals surface area contributed by atoms with E-state index < -0.39 is 0 Å². The van der Waals surface area contributed by atoms with E-state index in [0.29, 0.717) is 0 Å². The molecule has 1 saturated heterocycles. The van der Waals surface area contributed by atoms with Crippen LogP contribution in [0, 0.1) is 5.92 Å². The van der Waals surface area contributed by atoms with E-state index in [1.54, 1.807) is 11.3 Å². The Morgan fingerprint density at radius 1 is 1.32 bits per heavy atom. The second kappa shape index (κ2) is 8.09. The van der Waals surface area contributed by atoms with Gasteiger partial charge >= 0.3 is 0 Å². The predicted molar refractivity (Wildman–Crippen MR) is 89.0 cm³/mol. The van der Waals surface area contributed by atoms with Crippen molar-refractivity contribution >= 4 is 17.2 Å². The van der Waals surface area contributed by atoms with Gasteiger partial charge in [0.15, 0.2) is 0 Å². The molecule has 0 bridgehead atoms. The maximum Gasteiger partial charge on any atom is 0.223 e. The Kier molecular flexibility index (Phi) is 5.87. The van der Waals surface area contributed by atoms with Crippen LogP contribution in [0.25, 0.3) is 0 Å². The number of morpholine rings is 1. The fourth-order valence-corrected chi connectivity index (χ4v) is 4.35. The Hall–Kier alpha value is -0.910. The summed E-state index contributed by atoms with van der Waals surface area (Å²) in [5.41, 5.74) is 0. The zero-order valence-electron chi connectivity index (χ0n) is 13.1. The van der Waals surface area contributed by atoms with Crippen LogP contribution in [0.15, 0.2) is 17.5 Å². The van der Waals surface area contributed by atoms with Gasteiger partial charge in [-0.25, -0.2) is 0 Å². The van der Waals surface area contributed by atoms with Crippen LogP contribution < -0.4 is 5.32 Å². The molecular formula is C17H26N2O2S. The van der Waals surface area contributed by atoms with E-state index in [1.807, 2.05) is 0 Å². The van der Waals surface area contributed by atoms with Crippen molar-refractivity contribution in [3.63, 3.8) is 0 Å². The molecule has 3 rings (SSSR count). The van der Waals surface area contributed by atoms with E-state index in [0.717, 1.165) is 45.7 Å². The Balaban J connectivity index is 1.58. The minimum Gasteiger partial charge on any atom is -0.379 e. The average Bonchev–Trinajstić information content (AvgIpc) is 3.11. The molecule has 2 fully saturated rings. The van der Waals surface area contributed by atoms with Crippen LogP contribution in [0.5, 0.6) is 0 Å². The van der Waals surface area contributed by atoms with Crippen LogP contribution in [-0.4, -0.2) is 43.7 Å². The summed E-state index contributed by atoms with van der Waals surface area (Å²) in [6.45, 7) is 4.19. The molecule has 122 valence electrons. The fourth-order valence-electron chi connectivity index (χ4n) is 3.49. The number of carbonyl (C=O) groups is 1. The van der Waals surface area contributed by atoms with Crippen molar-refractivity contribution in [1.29, 1.82) is 0 Å². The summed E-state index contributed by atoms with van der Waals surface area (Å²) in [6, 6.07) is 4.56. The third-order valence-electron chi connectivity index (χ3n) is 4.80. The number of rotatable bonds is 5. The summed E-state index contributed by atoms with van der Waals surface area (Å²) >= 11 is 1.78. The monoisotopic (exact) mass is 322 g/mol. The highest BCUT2D eigenvalue weighted by Crippen LogP contribution is 2.27. The number of thiophene rings is 1. The van der Waals surface area contributed by atoms with Gasteiger partial charge < -0.3 is 10.1 Å². The van der Waals surface area contributed by atoms with E-state index >= 15 is 0 Å². The second-order valence-corrected chi connectivity index (χ2v) is 7.24. The molecule has 1 aromatic heterocycles. The van der Waals surface area contributed by atoms with Gasteiger partial charge in [0.2, 0.25) is 5.91 Å². The Morgan fingerprint density at radius 3 is 2.77 bits per heavy atom. The molecule has 2 heterocycles. The fraction of sp³-hybridized carbons (Fsp3) is 0.706. The Labute approximate surface area is 136 Å². The lowest BCUT2D eigenvalue weighted by Gasteiger charge is -2.34. The number of carbonyl (C=O) groups excluding carboxylic acids is 1. The molecule has 1 N–H and O–H groups in total. The third-order valence-corrected chi connectivity index (χ3v) is 5.78. The van der Waals surface area contributed by atoms with Gasteiger partial charge in [0.05, 0.1) is 19.3 Å². The zero-order chi connectivity index (χ0) is 15.2. The molecule has 4 nitrogen and oxygen atoms in total. The summed E-state index contributed by atoms with van der Waals surface area (Å²) < 4.78 is 5.46. The normalized spacial score (nSPS) is 22.4. The molecule has 1 aliphatic carbocycles. The van der Waals surface area contributed by atoms with Crippen molar-refractivity contribution in [2.45, 2.75) is 38.1 Å². The SMILES string of the molecule is O=C(NCC(c1cccs1)N1CCOCC1)C1CCCCC1. The third kappa shape index (κ3) is 4.09. The first-order valence-corrected chi connectivity index (χ1v) is 9.35. The number of hydrogen-bond acceptors (Lipinski definition) is 4. The molecular weight excluding hydrogens is 296 g/mol. The van der Waals surface area contributed by atoms with Gasteiger partial charge in [-0.1, -0.05) is 25.3 Å². The molecule has 22 heavy (non-hydrogen) atoms. The lowest BCUT2D eigenvalue weighted by atomic mass is 9.88. The molecule has 0 radical (unpaired) electrons.